The SMILES string of the molecule is O=C(OCC(=O)N1CCC(Oc2ccccc2[N+](=O)[O-])CC1)c1cc(-c2ccccc2)n[nH]1. The van der Waals surface area contributed by atoms with Crippen LogP contribution in [0.1, 0.15) is 23.3 Å². The number of likely N-dealkylation sites (tertiary alicyclic amines) is 1. The molecule has 0 bridgehead atoms. The fourth-order valence-corrected chi connectivity index (χ4v) is 3.59. The van der Waals surface area contributed by atoms with Crippen molar-refractivity contribution >= 4 is 17.6 Å². The molecule has 0 spiro atoms. The summed E-state index contributed by atoms with van der Waals surface area (Å²) in [6, 6.07) is 17.2. The average Bonchev–Trinajstić information content (AvgIpc) is 3.34. The van der Waals surface area contributed by atoms with Gasteiger partial charge in [-0.15, -0.1) is 0 Å². The second kappa shape index (κ2) is 9.94. The number of para-hydroxylation sites is 2. The van der Waals surface area contributed by atoms with E-state index < -0.39 is 10.9 Å². The molecule has 0 radical (unpaired) electrons. The molecule has 2 heterocycles. The maximum Gasteiger partial charge on any atom is 0.356 e. The van der Waals surface area contributed by atoms with Crippen LogP contribution in [0.4, 0.5) is 5.69 Å². The molecule has 0 aliphatic carbocycles. The van der Waals surface area contributed by atoms with Gasteiger partial charge in [0.1, 0.15) is 11.8 Å². The highest BCUT2D eigenvalue weighted by molar-refractivity contribution is 5.90. The monoisotopic (exact) mass is 450 g/mol. The number of piperidine rings is 1. The molecular formula is C23H22N4O6. The largest absolute Gasteiger partial charge is 0.483 e. The van der Waals surface area contributed by atoms with E-state index in [4.69, 9.17) is 9.47 Å². The lowest BCUT2D eigenvalue weighted by atomic mass is 10.1. The zero-order chi connectivity index (χ0) is 23.2. The minimum atomic E-state index is -0.660. The number of hydrogen-bond acceptors (Lipinski definition) is 7. The van der Waals surface area contributed by atoms with Crippen LogP contribution in [0.15, 0.2) is 60.7 Å². The van der Waals surface area contributed by atoms with Gasteiger partial charge in [-0.1, -0.05) is 42.5 Å². The number of nitrogens with zero attached hydrogens (tertiary/aromatic N) is 3. The number of rotatable bonds is 7. The number of carbonyl (C=O) groups excluding carboxylic acids is 2. The lowest BCUT2D eigenvalue weighted by Gasteiger charge is -2.31. The minimum Gasteiger partial charge on any atom is -0.483 e. The fourth-order valence-electron chi connectivity index (χ4n) is 3.59. The second-order valence-corrected chi connectivity index (χ2v) is 7.53. The molecule has 33 heavy (non-hydrogen) atoms. The molecule has 1 fully saturated rings. The molecule has 1 N–H and O–H groups in total. The van der Waals surface area contributed by atoms with Crippen LogP contribution in [0.5, 0.6) is 5.75 Å². The van der Waals surface area contributed by atoms with E-state index >= 15 is 0 Å². The molecule has 0 saturated carbocycles. The number of nitro groups is 1. The number of H-pyrrole nitrogens is 1. The lowest BCUT2D eigenvalue weighted by Crippen LogP contribution is -2.43. The number of benzene rings is 2. The van der Waals surface area contributed by atoms with Crippen LogP contribution in [0.2, 0.25) is 0 Å². The minimum absolute atomic E-state index is 0.0860. The summed E-state index contributed by atoms with van der Waals surface area (Å²) in [6.45, 7) is 0.433. The standard InChI is InChI=1S/C23H22N4O6/c28-22(15-32-23(29)19-14-18(24-25-19)16-6-2-1-3-7-16)26-12-10-17(11-13-26)33-21-9-5-4-8-20(21)27(30)31/h1-9,14,17H,10-13,15H2,(H,24,25). The van der Waals surface area contributed by atoms with Crippen LogP contribution >= 0.6 is 0 Å². The van der Waals surface area contributed by atoms with Gasteiger partial charge in [0, 0.05) is 37.6 Å². The first-order valence-electron chi connectivity index (χ1n) is 10.5. The summed E-state index contributed by atoms with van der Waals surface area (Å²) in [6.07, 6.45) is 0.804. The Morgan fingerprint density at radius 2 is 1.79 bits per heavy atom. The van der Waals surface area contributed by atoms with Gasteiger partial charge in [-0.05, 0) is 12.1 Å². The Hall–Kier alpha value is -4.21. The molecule has 0 unspecified atom stereocenters. The van der Waals surface area contributed by atoms with E-state index in [0.29, 0.717) is 31.6 Å². The molecular weight excluding hydrogens is 428 g/mol. The predicted octanol–water partition coefficient (Wildman–Crippen LogP) is 3.21. The lowest BCUT2D eigenvalue weighted by molar-refractivity contribution is -0.386. The van der Waals surface area contributed by atoms with Gasteiger partial charge in [-0.2, -0.15) is 5.10 Å². The maximum atomic E-state index is 12.5. The molecule has 1 saturated heterocycles. The summed E-state index contributed by atoms with van der Waals surface area (Å²) in [5, 5.41) is 17.9. The van der Waals surface area contributed by atoms with Gasteiger partial charge < -0.3 is 14.4 Å². The predicted molar refractivity (Wildman–Crippen MR) is 118 cm³/mol. The highest BCUT2D eigenvalue weighted by Crippen LogP contribution is 2.29. The molecule has 3 aromatic rings. The molecule has 1 aliphatic heterocycles. The van der Waals surface area contributed by atoms with E-state index in [-0.39, 0.29) is 35.7 Å². The van der Waals surface area contributed by atoms with Gasteiger partial charge >= 0.3 is 11.7 Å². The molecule has 1 aromatic heterocycles. The zero-order valence-corrected chi connectivity index (χ0v) is 17.7. The van der Waals surface area contributed by atoms with E-state index in [1.165, 1.54) is 6.07 Å². The summed E-state index contributed by atoms with van der Waals surface area (Å²) in [4.78, 5) is 37.0. The topological polar surface area (TPSA) is 128 Å². The summed E-state index contributed by atoms with van der Waals surface area (Å²) < 4.78 is 10.9. The first-order chi connectivity index (χ1) is 16.0. The van der Waals surface area contributed by atoms with Crippen LogP contribution in [-0.2, 0) is 9.53 Å². The van der Waals surface area contributed by atoms with E-state index in [1.807, 2.05) is 30.3 Å². The molecule has 0 atom stereocenters. The molecule has 10 nitrogen and oxygen atoms in total. The average molecular weight is 450 g/mol. The van der Waals surface area contributed by atoms with Gasteiger partial charge in [0.2, 0.25) is 0 Å². The van der Waals surface area contributed by atoms with Crippen LogP contribution < -0.4 is 4.74 Å². The third kappa shape index (κ3) is 5.35. The Balaban J connectivity index is 1.25. The summed E-state index contributed by atoms with van der Waals surface area (Å²) in [5.74, 6) is -0.751. The second-order valence-electron chi connectivity index (χ2n) is 7.53. The number of amides is 1. The number of aromatic amines is 1. The van der Waals surface area contributed by atoms with Crippen molar-refractivity contribution in [1.29, 1.82) is 0 Å². The normalized spacial score (nSPS) is 14.0. The third-order valence-corrected chi connectivity index (χ3v) is 5.34. The Morgan fingerprint density at radius 1 is 1.09 bits per heavy atom. The smallest absolute Gasteiger partial charge is 0.356 e. The van der Waals surface area contributed by atoms with Gasteiger partial charge in [0.25, 0.3) is 5.91 Å². The van der Waals surface area contributed by atoms with Crippen molar-refractivity contribution in [2.45, 2.75) is 18.9 Å². The number of nitrogens with one attached hydrogen (secondary N) is 1. The van der Waals surface area contributed by atoms with E-state index in [9.17, 15) is 19.7 Å². The maximum absolute atomic E-state index is 12.5. The van der Waals surface area contributed by atoms with Gasteiger partial charge in [0.05, 0.1) is 10.6 Å². The van der Waals surface area contributed by atoms with Crippen LogP contribution in [0.3, 0.4) is 0 Å². The highest BCUT2D eigenvalue weighted by Gasteiger charge is 2.26. The van der Waals surface area contributed by atoms with E-state index in [2.05, 4.69) is 10.2 Å². The molecule has 1 aliphatic rings. The van der Waals surface area contributed by atoms with Crippen molar-refractivity contribution in [1.82, 2.24) is 15.1 Å². The van der Waals surface area contributed by atoms with E-state index in [1.54, 1.807) is 29.2 Å². The quantitative estimate of drug-likeness (QED) is 0.332. The molecule has 10 heteroatoms. The summed E-state index contributed by atoms with van der Waals surface area (Å²) >= 11 is 0. The molecule has 170 valence electrons. The summed E-state index contributed by atoms with van der Waals surface area (Å²) in [5.41, 5.74) is 1.54. The fraction of sp³-hybridized carbons (Fsp3) is 0.261. The van der Waals surface area contributed by atoms with Crippen LogP contribution in [0, 0.1) is 10.1 Å². The van der Waals surface area contributed by atoms with Crippen molar-refractivity contribution in [2.24, 2.45) is 0 Å². The van der Waals surface area contributed by atoms with Crippen molar-refractivity contribution in [2.75, 3.05) is 19.7 Å². The number of aromatic nitrogens is 2. The van der Waals surface area contributed by atoms with Crippen molar-refractivity contribution in [3.8, 4) is 17.0 Å². The third-order valence-electron chi connectivity index (χ3n) is 5.34. The molecule has 2 aromatic carbocycles. The van der Waals surface area contributed by atoms with Crippen molar-refractivity contribution in [3.63, 3.8) is 0 Å². The Labute approximate surface area is 189 Å². The first kappa shape index (κ1) is 22.0. The van der Waals surface area contributed by atoms with Gasteiger partial charge in [-0.3, -0.25) is 20.0 Å². The number of hydrogen-bond donors (Lipinski definition) is 1. The van der Waals surface area contributed by atoms with E-state index in [0.717, 1.165) is 5.56 Å². The van der Waals surface area contributed by atoms with Crippen LogP contribution in [0.25, 0.3) is 11.3 Å². The van der Waals surface area contributed by atoms with Crippen LogP contribution in [-0.4, -0.2) is 57.7 Å². The molecule has 1 amide bonds. The van der Waals surface area contributed by atoms with Gasteiger partial charge in [-0.25, -0.2) is 4.79 Å². The Bertz CT molecular complexity index is 1140. The van der Waals surface area contributed by atoms with Gasteiger partial charge in [0.15, 0.2) is 12.4 Å². The Morgan fingerprint density at radius 3 is 2.52 bits per heavy atom. The van der Waals surface area contributed by atoms with Crippen molar-refractivity contribution < 1.29 is 24.0 Å². The zero-order valence-electron chi connectivity index (χ0n) is 17.7. The summed E-state index contributed by atoms with van der Waals surface area (Å²) in [7, 11) is 0. The number of carbonyl (C=O) groups is 2. The first-order valence-corrected chi connectivity index (χ1v) is 10.5. The number of nitro benzene ring substituents is 1. The number of esters is 1. The molecule has 4 rings (SSSR count). The number of ether oxygens (including phenoxy) is 2. The van der Waals surface area contributed by atoms with Crippen molar-refractivity contribution in [3.05, 3.63) is 76.5 Å². The Kier molecular flexibility index (Phi) is 6.63. The highest BCUT2D eigenvalue weighted by atomic mass is 16.6.